The monoisotopic (exact) mass is 335 g/mol. The van der Waals surface area contributed by atoms with Crippen LogP contribution in [0.1, 0.15) is 18.9 Å². The number of aromatic nitrogens is 4. The molecule has 3 aromatic rings. The largest absolute Gasteiger partial charge is 0.346 e. The molecule has 3 aromatic heterocycles. The molecule has 122 valence electrons. The Hall–Kier alpha value is -2.13. The minimum absolute atomic E-state index is 0.180. The summed E-state index contributed by atoms with van der Waals surface area (Å²) in [7, 11) is -3.26. The van der Waals surface area contributed by atoms with Crippen molar-refractivity contribution >= 4 is 32.1 Å². The van der Waals surface area contributed by atoms with E-state index in [1.165, 1.54) is 10.6 Å². The Kier molecular flexibility index (Phi) is 3.10. The first kappa shape index (κ1) is 14.5. The highest BCUT2D eigenvalue weighted by atomic mass is 32.2. The Balaban J connectivity index is 1.89. The molecule has 1 saturated heterocycles. The number of sulfonamides is 1. The Bertz CT molecular complexity index is 1050. The van der Waals surface area contributed by atoms with E-state index in [9.17, 15) is 13.2 Å². The molecule has 9 heteroatoms. The van der Waals surface area contributed by atoms with Crippen LogP contribution in [0.5, 0.6) is 0 Å². The lowest BCUT2D eigenvalue weighted by Gasteiger charge is -2.31. The number of imidazole rings is 1. The lowest BCUT2D eigenvalue weighted by atomic mass is 10.1. The van der Waals surface area contributed by atoms with Crippen molar-refractivity contribution in [3.8, 4) is 0 Å². The van der Waals surface area contributed by atoms with Crippen LogP contribution in [0.2, 0.25) is 0 Å². The second-order valence-corrected chi connectivity index (χ2v) is 7.96. The van der Waals surface area contributed by atoms with Crippen molar-refractivity contribution in [2.45, 2.75) is 18.9 Å². The zero-order valence-electron chi connectivity index (χ0n) is 12.6. The number of piperidine rings is 1. The van der Waals surface area contributed by atoms with Gasteiger partial charge in [0.15, 0.2) is 0 Å². The van der Waals surface area contributed by atoms with Crippen molar-refractivity contribution < 1.29 is 8.42 Å². The minimum atomic E-state index is -3.26. The van der Waals surface area contributed by atoms with Gasteiger partial charge in [-0.1, -0.05) is 0 Å². The van der Waals surface area contributed by atoms with Gasteiger partial charge in [0.1, 0.15) is 5.65 Å². The molecule has 0 saturated carbocycles. The molecule has 1 aliphatic heterocycles. The summed E-state index contributed by atoms with van der Waals surface area (Å²) in [6.07, 6.45) is 6.12. The Labute approximate surface area is 132 Å². The van der Waals surface area contributed by atoms with Gasteiger partial charge in [0, 0.05) is 24.7 Å². The molecule has 1 aliphatic rings. The summed E-state index contributed by atoms with van der Waals surface area (Å²) in [6, 6.07) is 1.70. The van der Waals surface area contributed by atoms with Gasteiger partial charge in [-0.15, -0.1) is 0 Å². The first-order chi connectivity index (χ1) is 10.9. The molecule has 8 nitrogen and oxygen atoms in total. The number of hydrogen-bond acceptors (Lipinski definition) is 4. The van der Waals surface area contributed by atoms with E-state index in [4.69, 9.17) is 0 Å². The van der Waals surface area contributed by atoms with E-state index >= 15 is 0 Å². The van der Waals surface area contributed by atoms with Gasteiger partial charge in [-0.05, 0) is 18.9 Å². The highest BCUT2D eigenvalue weighted by Gasteiger charge is 2.29. The number of rotatable bonds is 2. The Morgan fingerprint density at radius 1 is 1.39 bits per heavy atom. The van der Waals surface area contributed by atoms with Gasteiger partial charge in [-0.3, -0.25) is 4.57 Å². The van der Waals surface area contributed by atoms with Crippen LogP contribution in [0.3, 0.4) is 0 Å². The van der Waals surface area contributed by atoms with Gasteiger partial charge >= 0.3 is 5.69 Å². The van der Waals surface area contributed by atoms with Gasteiger partial charge in [0.05, 0.1) is 29.5 Å². The molecule has 0 aliphatic carbocycles. The summed E-state index contributed by atoms with van der Waals surface area (Å²) in [4.78, 5) is 22.6. The maximum absolute atomic E-state index is 12.5. The van der Waals surface area contributed by atoms with Crippen LogP contribution in [-0.2, 0) is 10.0 Å². The average Bonchev–Trinajstić information content (AvgIpc) is 3.09. The third kappa shape index (κ3) is 2.27. The highest BCUT2D eigenvalue weighted by molar-refractivity contribution is 7.88. The van der Waals surface area contributed by atoms with Gasteiger partial charge in [-0.25, -0.2) is 22.5 Å². The molecule has 0 amide bonds. The number of fused-ring (bicyclic) bond motifs is 3. The van der Waals surface area contributed by atoms with Crippen LogP contribution in [0.4, 0.5) is 0 Å². The minimum Gasteiger partial charge on any atom is -0.346 e. The second-order valence-electron chi connectivity index (χ2n) is 5.98. The lowest BCUT2D eigenvalue weighted by molar-refractivity contribution is 0.268. The molecule has 4 rings (SSSR count). The average molecular weight is 335 g/mol. The van der Waals surface area contributed by atoms with Crippen LogP contribution >= 0.6 is 0 Å². The predicted octanol–water partition coefficient (Wildman–Crippen LogP) is 0.802. The van der Waals surface area contributed by atoms with Gasteiger partial charge < -0.3 is 9.97 Å². The smallest absolute Gasteiger partial charge is 0.326 e. The molecule has 0 spiro atoms. The fourth-order valence-electron chi connectivity index (χ4n) is 3.40. The number of hydrogen-bond donors (Lipinski definition) is 2. The molecule has 1 fully saturated rings. The molecular formula is C14H17N5O3S. The first-order valence-electron chi connectivity index (χ1n) is 7.46. The number of aromatic amines is 2. The molecule has 2 N–H and O–H groups in total. The maximum Gasteiger partial charge on any atom is 0.326 e. The Morgan fingerprint density at radius 3 is 3.00 bits per heavy atom. The fraction of sp³-hybridized carbons (Fsp3) is 0.429. The van der Waals surface area contributed by atoms with Crippen molar-refractivity contribution in [1.29, 1.82) is 0 Å². The summed E-state index contributed by atoms with van der Waals surface area (Å²) in [5, 5.41) is 0.859. The van der Waals surface area contributed by atoms with Gasteiger partial charge in [0.2, 0.25) is 10.0 Å². The molecule has 23 heavy (non-hydrogen) atoms. The normalized spacial score (nSPS) is 20.5. The maximum atomic E-state index is 12.5. The highest BCUT2D eigenvalue weighted by Crippen LogP contribution is 2.28. The van der Waals surface area contributed by atoms with E-state index in [0.29, 0.717) is 24.3 Å². The number of nitrogens with one attached hydrogen (secondary N) is 2. The molecule has 0 radical (unpaired) electrons. The van der Waals surface area contributed by atoms with Crippen molar-refractivity contribution in [3.05, 3.63) is 28.9 Å². The van der Waals surface area contributed by atoms with Gasteiger partial charge in [0.25, 0.3) is 0 Å². The third-order valence-electron chi connectivity index (χ3n) is 4.45. The topological polar surface area (TPSA) is 104 Å². The summed E-state index contributed by atoms with van der Waals surface area (Å²) in [6.45, 7) is 0.827. The first-order valence-corrected chi connectivity index (χ1v) is 9.31. The van der Waals surface area contributed by atoms with E-state index in [-0.39, 0.29) is 11.7 Å². The van der Waals surface area contributed by atoms with E-state index in [2.05, 4.69) is 15.0 Å². The Morgan fingerprint density at radius 2 is 2.22 bits per heavy atom. The SMILES string of the molecule is CS(=O)(=O)N1CCC[C@H](n2c(=O)[nH]c3cnc4[nH]ccc4c32)C1. The van der Waals surface area contributed by atoms with E-state index in [0.717, 1.165) is 23.7 Å². The summed E-state index contributed by atoms with van der Waals surface area (Å²) >= 11 is 0. The quantitative estimate of drug-likeness (QED) is 0.723. The number of pyridine rings is 1. The van der Waals surface area contributed by atoms with Crippen LogP contribution in [-0.4, -0.2) is 51.6 Å². The van der Waals surface area contributed by atoms with Crippen LogP contribution < -0.4 is 5.69 Å². The van der Waals surface area contributed by atoms with Gasteiger partial charge in [-0.2, -0.15) is 0 Å². The zero-order valence-corrected chi connectivity index (χ0v) is 13.4. The standard InChI is InChI=1S/C14H17N5O3S/c1-23(21,22)18-6-2-3-9(8-18)19-12-10-4-5-15-13(10)16-7-11(12)17-14(19)20/h4-5,7,9H,2-3,6,8H2,1H3,(H,15,16)(H,17,20)/t9-/m0/s1. The summed E-state index contributed by atoms with van der Waals surface area (Å²) < 4.78 is 26.8. The van der Waals surface area contributed by atoms with Crippen LogP contribution in [0.15, 0.2) is 23.3 Å². The fourth-order valence-corrected chi connectivity index (χ4v) is 4.31. The van der Waals surface area contributed by atoms with Crippen molar-refractivity contribution in [2.75, 3.05) is 19.3 Å². The number of nitrogens with zero attached hydrogens (tertiary/aromatic N) is 3. The lowest BCUT2D eigenvalue weighted by Crippen LogP contribution is -2.41. The molecule has 1 atom stereocenters. The van der Waals surface area contributed by atoms with Crippen molar-refractivity contribution in [1.82, 2.24) is 23.8 Å². The van der Waals surface area contributed by atoms with Crippen molar-refractivity contribution in [2.24, 2.45) is 0 Å². The molecular weight excluding hydrogens is 318 g/mol. The molecule has 4 heterocycles. The zero-order chi connectivity index (χ0) is 16.2. The van der Waals surface area contributed by atoms with Crippen LogP contribution in [0.25, 0.3) is 22.1 Å². The number of H-pyrrole nitrogens is 2. The third-order valence-corrected chi connectivity index (χ3v) is 5.72. The van der Waals surface area contributed by atoms with Crippen LogP contribution in [0, 0.1) is 0 Å². The van der Waals surface area contributed by atoms with E-state index < -0.39 is 10.0 Å². The molecule has 0 aromatic carbocycles. The molecule has 0 bridgehead atoms. The molecule has 0 unspecified atom stereocenters. The van der Waals surface area contributed by atoms with E-state index in [1.54, 1.807) is 17.0 Å². The summed E-state index contributed by atoms with van der Waals surface area (Å²) in [5.41, 5.74) is 1.93. The predicted molar refractivity (Wildman–Crippen MR) is 86.9 cm³/mol. The summed E-state index contributed by atoms with van der Waals surface area (Å²) in [5.74, 6) is 0. The van der Waals surface area contributed by atoms with E-state index in [1.807, 2.05) is 6.07 Å². The van der Waals surface area contributed by atoms with Crippen molar-refractivity contribution in [3.63, 3.8) is 0 Å². The second kappa shape index (κ2) is 4.93.